The lowest BCUT2D eigenvalue weighted by Gasteiger charge is -2.14. The van der Waals surface area contributed by atoms with Crippen LogP contribution in [0, 0.1) is 5.82 Å². The van der Waals surface area contributed by atoms with Gasteiger partial charge in [-0.05, 0) is 30.7 Å². The van der Waals surface area contributed by atoms with Crippen LogP contribution < -0.4 is 15.8 Å². The Bertz CT molecular complexity index is 1260. The van der Waals surface area contributed by atoms with Crippen LogP contribution in [-0.2, 0) is 10.9 Å². The highest BCUT2D eigenvalue weighted by Crippen LogP contribution is 2.37. The molecule has 0 saturated heterocycles. The van der Waals surface area contributed by atoms with Crippen LogP contribution in [-0.4, -0.2) is 64.6 Å². The lowest BCUT2D eigenvalue weighted by atomic mass is 10.1. The molecular formula is C23H25F4N7O3. The highest BCUT2D eigenvalue weighted by molar-refractivity contribution is 5.94. The maximum Gasteiger partial charge on any atom is 0.417 e. The van der Waals surface area contributed by atoms with Gasteiger partial charge >= 0.3 is 12.2 Å². The molecule has 0 aliphatic heterocycles. The highest BCUT2D eigenvalue weighted by atomic mass is 19.4. The topological polar surface area (TPSA) is 128 Å². The largest absolute Gasteiger partial charge is 0.421 e. The molecular weight excluding hydrogens is 498 g/mol. The van der Waals surface area contributed by atoms with Crippen LogP contribution in [0.5, 0.6) is 11.8 Å². The third-order valence-corrected chi connectivity index (χ3v) is 4.75. The zero-order valence-electron chi connectivity index (χ0n) is 20.3. The van der Waals surface area contributed by atoms with Crippen molar-refractivity contribution in [3.8, 4) is 23.1 Å². The Morgan fingerprint density at radius 1 is 1.14 bits per heavy atom. The van der Waals surface area contributed by atoms with E-state index in [4.69, 9.17) is 15.2 Å². The van der Waals surface area contributed by atoms with Gasteiger partial charge in [0.15, 0.2) is 17.4 Å². The number of aromatic nitrogens is 4. The van der Waals surface area contributed by atoms with Gasteiger partial charge in [-0.1, -0.05) is 6.92 Å². The molecule has 198 valence electrons. The van der Waals surface area contributed by atoms with Gasteiger partial charge in [0.1, 0.15) is 5.82 Å². The number of benzene rings is 1. The zero-order valence-corrected chi connectivity index (χ0v) is 20.3. The zero-order chi connectivity index (χ0) is 27.2. The summed E-state index contributed by atoms with van der Waals surface area (Å²) < 4.78 is 66.6. The van der Waals surface area contributed by atoms with Crippen LogP contribution in [0.2, 0.25) is 0 Å². The number of pyridine rings is 1. The molecule has 3 rings (SSSR count). The Morgan fingerprint density at radius 2 is 1.89 bits per heavy atom. The third kappa shape index (κ3) is 7.22. The molecule has 0 radical (unpaired) electrons. The number of nitrogens with two attached hydrogens (primary N) is 1. The molecule has 0 bridgehead atoms. The van der Waals surface area contributed by atoms with E-state index < -0.39 is 40.9 Å². The van der Waals surface area contributed by atoms with E-state index in [1.165, 1.54) is 31.1 Å². The van der Waals surface area contributed by atoms with E-state index in [2.05, 4.69) is 25.3 Å². The van der Waals surface area contributed by atoms with Gasteiger partial charge in [-0.15, -0.1) is 0 Å². The SMILES string of the molecule is CCCOCCNc1nc(Oc2ccc(C(=O)N(C)C)cc2F)nc(-c2cnc(N)cc2C(F)(F)F)n1. The minimum atomic E-state index is -4.79. The molecule has 2 heterocycles. The summed E-state index contributed by atoms with van der Waals surface area (Å²) in [7, 11) is 3.03. The Balaban J connectivity index is 2.00. The number of amides is 1. The molecule has 2 aromatic heterocycles. The third-order valence-electron chi connectivity index (χ3n) is 4.75. The van der Waals surface area contributed by atoms with Gasteiger partial charge in [0, 0.05) is 39.0 Å². The maximum atomic E-state index is 14.7. The summed E-state index contributed by atoms with van der Waals surface area (Å²) in [4.78, 5) is 29.1. The molecule has 0 atom stereocenters. The number of alkyl halides is 3. The van der Waals surface area contributed by atoms with E-state index in [1.807, 2.05) is 6.92 Å². The second kappa shape index (κ2) is 11.8. The minimum absolute atomic E-state index is 0.0726. The van der Waals surface area contributed by atoms with Crippen molar-refractivity contribution < 1.29 is 31.8 Å². The summed E-state index contributed by atoms with van der Waals surface area (Å²) in [5.74, 6) is -2.59. The predicted octanol–water partition coefficient (Wildman–Crippen LogP) is 4.01. The van der Waals surface area contributed by atoms with Gasteiger partial charge in [-0.2, -0.15) is 28.1 Å². The fourth-order valence-electron chi connectivity index (χ4n) is 3.04. The first-order valence-corrected chi connectivity index (χ1v) is 11.1. The van der Waals surface area contributed by atoms with E-state index in [-0.39, 0.29) is 36.2 Å². The van der Waals surface area contributed by atoms with Crippen LogP contribution in [0.4, 0.5) is 29.3 Å². The molecule has 1 aromatic carbocycles. The van der Waals surface area contributed by atoms with Crippen molar-refractivity contribution in [1.82, 2.24) is 24.8 Å². The van der Waals surface area contributed by atoms with Crippen molar-refractivity contribution >= 4 is 17.7 Å². The van der Waals surface area contributed by atoms with E-state index in [1.54, 1.807) is 0 Å². The fraction of sp³-hybridized carbons (Fsp3) is 0.348. The first kappa shape index (κ1) is 27.5. The summed E-state index contributed by atoms with van der Waals surface area (Å²) in [6, 6.07) is 3.66. The van der Waals surface area contributed by atoms with Crippen molar-refractivity contribution in [2.45, 2.75) is 19.5 Å². The molecule has 0 fully saturated rings. The van der Waals surface area contributed by atoms with E-state index in [0.717, 1.165) is 18.7 Å². The Kier molecular flexibility index (Phi) is 8.76. The highest BCUT2D eigenvalue weighted by Gasteiger charge is 2.35. The van der Waals surface area contributed by atoms with Crippen molar-refractivity contribution in [2.24, 2.45) is 0 Å². The number of halogens is 4. The van der Waals surface area contributed by atoms with Crippen LogP contribution in [0.15, 0.2) is 30.5 Å². The van der Waals surface area contributed by atoms with Gasteiger partial charge in [0.05, 0.1) is 17.7 Å². The minimum Gasteiger partial charge on any atom is -0.421 e. The Labute approximate surface area is 209 Å². The van der Waals surface area contributed by atoms with Crippen LogP contribution in [0.1, 0.15) is 29.3 Å². The van der Waals surface area contributed by atoms with Gasteiger partial charge in [-0.25, -0.2) is 9.37 Å². The quantitative estimate of drug-likeness (QED) is 0.299. The second-order valence-electron chi connectivity index (χ2n) is 7.90. The van der Waals surface area contributed by atoms with Crippen LogP contribution in [0.3, 0.4) is 0 Å². The molecule has 1 amide bonds. The Hall–Kier alpha value is -4.07. The lowest BCUT2D eigenvalue weighted by Crippen LogP contribution is -2.21. The lowest BCUT2D eigenvalue weighted by molar-refractivity contribution is -0.137. The molecule has 3 aromatic rings. The molecule has 0 aliphatic rings. The molecule has 14 heteroatoms. The number of nitrogens with one attached hydrogen (secondary N) is 1. The molecule has 0 spiro atoms. The fourth-order valence-corrected chi connectivity index (χ4v) is 3.04. The molecule has 0 aliphatic carbocycles. The number of anilines is 2. The number of nitrogens with zero attached hydrogens (tertiary/aromatic N) is 5. The summed E-state index contributed by atoms with van der Waals surface area (Å²) in [5, 5.41) is 2.82. The number of rotatable bonds is 10. The van der Waals surface area contributed by atoms with Gasteiger partial charge in [0.2, 0.25) is 5.95 Å². The average Bonchev–Trinajstić information content (AvgIpc) is 2.84. The maximum absolute atomic E-state index is 14.7. The molecule has 0 unspecified atom stereocenters. The van der Waals surface area contributed by atoms with E-state index in [9.17, 15) is 22.4 Å². The van der Waals surface area contributed by atoms with Gasteiger partial charge in [-0.3, -0.25) is 4.79 Å². The first-order valence-electron chi connectivity index (χ1n) is 11.1. The average molecular weight is 523 g/mol. The number of nitrogen functional groups attached to an aromatic ring is 1. The number of carbonyl (C=O) groups is 1. The van der Waals surface area contributed by atoms with Crippen molar-refractivity contribution in [2.75, 3.05) is 44.9 Å². The van der Waals surface area contributed by atoms with E-state index >= 15 is 0 Å². The van der Waals surface area contributed by atoms with E-state index in [0.29, 0.717) is 12.7 Å². The van der Waals surface area contributed by atoms with Gasteiger partial charge < -0.3 is 25.4 Å². The molecule has 37 heavy (non-hydrogen) atoms. The molecule has 3 N–H and O–H groups in total. The smallest absolute Gasteiger partial charge is 0.417 e. The summed E-state index contributed by atoms with van der Waals surface area (Å²) in [6.07, 6.45) is -3.10. The summed E-state index contributed by atoms with van der Waals surface area (Å²) in [5.41, 5.74) is 3.93. The first-order chi connectivity index (χ1) is 17.5. The van der Waals surface area contributed by atoms with Gasteiger partial charge in [0.25, 0.3) is 5.91 Å². The predicted molar refractivity (Wildman–Crippen MR) is 127 cm³/mol. The van der Waals surface area contributed by atoms with Crippen molar-refractivity contribution in [1.29, 1.82) is 0 Å². The molecule has 10 nitrogen and oxygen atoms in total. The second-order valence-corrected chi connectivity index (χ2v) is 7.90. The monoisotopic (exact) mass is 523 g/mol. The summed E-state index contributed by atoms with van der Waals surface area (Å²) in [6.45, 7) is 2.97. The number of carbonyl (C=O) groups excluding carboxylic acids is 1. The Morgan fingerprint density at radius 3 is 2.54 bits per heavy atom. The van der Waals surface area contributed by atoms with Crippen molar-refractivity contribution in [3.05, 3.63) is 47.4 Å². The molecule has 0 saturated carbocycles. The standard InChI is InChI=1S/C23H25F4N7O3/c1-4-8-36-9-7-29-21-31-19(14-12-30-18(28)11-15(14)23(25,26)27)32-22(33-21)37-17-6-5-13(10-16(17)24)20(35)34(2)3/h5-6,10-12H,4,7-9H2,1-3H3,(H2,28,30)(H,29,31,32,33). The normalized spacial score (nSPS) is 11.3. The van der Waals surface area contributed by atoms with Crippen LogP contribution >= 0.6 is 0 Å². The number of hydrogen-bond donors (Lipinski definition) is 2. The number of hydrogen-bond acceptors (Lipinski definition) is 9. The van der Waals surface area contributed by atoms with Crippen LogP contribution in [0.25, 0.3) is 11.4 Å². The van der Waals surface area contributed by atoms with Crippen molar-refractivity contribution in [3.63, 3.8) is 0 Å². The summed E-state index contributed by atoms with van der Waals surface area (Å²) >= 11 is 0. The number of ether oxygens (including phenoxy) is 2.